The van der Waals surface area contributed by atoms with Crippen LogP contribution in [0.4, 0.5) is 0 Å². The number of piperidine rings is 1. The molecule has 17 heavy (non-hydrogen) atoms. The molecule has 2 fully saturated rings. The summed E-state index contributed by atoms with van der Waals surface area (Å²) in [4.78, 5) is 23.0. The SMILES string of the molecule is NC1CCCC(C(=O)NC2CCC(=O)NC2)C1. The fraction of sp³-hybridized carbons (Fsp3) is 0.833. The van der Waals surface area contributed by atoms with Crippen molar-refractivity contribution in [2.45, 2.75) is 50.6 Å². The van der Waals surface area contributed by atoms with E-state index in [9.17, 15) is 9.59 Å². The normalized spacial score (nSPS) is 33.9. The molecule has 1 saturated carbocycles. The minimum atomic E-state index is 0.0661. The zero-order valence-electron chi connectivity index (χ0n) is 10.1. The van der Waals surface area contributed by atoms with E-state index in [4.69, 9.17) is 5.73 Å². The van der Waals surface area contributed by atoms with Gasteiger partial charge in [0, 0.05) is 31.0 Å². The van der Waals surface area contributed by atoms with Crippen molar-refractivity contribution in [3.8, 4) is 0 Å². The van der Waals surface area contributed by atoms with E-state index in [-0.39, 0.29) is 29.8 Å². The maximum atomic E-state index is 12.0. The van der Waals surface area contributed by atoms with Crippen LogP contribution in [0, 0.1) is 5.92 Å². The number of amides is 2. The molecule has 2 aliphatic rings. The zero-order valence-corrected chi connectivity index (χ0v) is 10.1. The Bertz CT molecular complexity index is 296. The molecule has 0 bridgehead atoms. The molecule has 0 aromatic heterocycles. The first-order valence-corrected chi connectivity index (χ1v) is 6.48. The highest BCUT2D eigenvalue weighted by Gasteiger charge is 2.27. The van der Waals surface area contributed by atoms with E-state index < -0.39 is 0 Å². The van der Waals surface area contributed by atoms with Gasteiger partial charge in [-0.25, -0.2) is 0 Å². The fourth-order valence-electron chi connectivity index (χ4n) is 2.64. The summed E-state index contributed by atoms with van der Waals surface area (Å²) in [5.41, 5.74) is 5.88. The Kier molecular flexibility index (Phi) is 3.99. The number of carbonyl (C=O) groups is 2. The average molecular weight is 239 g/mol. The van der Waals surface area contributed by atoms with Gasteiger partial charge in [0.2, 0.25) is 11.8 Å². The summed E-state index contributed by atoms with van der Waals surface area (Å²) >= 11 is 0. The number of nitrogens with two attached hydrogens (primary N) is 1. The molecule has 3 atom stereocenters. The van der Waals surface area contributed by atoms with Crippen molar-refractivity contribution in [1.29, 1.82) is 0 Å². The number of hydrogen-bond donors (Lipinski definition) is 3. The number of rotatable bonds is 2. The van der Waals surface area contributed by atoms with Gasteiger partial charge in [-0.2, -0.15) is 0 Å². The van der Waals surface area contributed by atoms with E-state index in [1.807, 2.05) is 0 Å². The van der Waals surface area contributed by atoms with E-state index >= 15 is 0 Å². The first-order chi connectivity index (χ1) is 8.15. The topological polar surface area (TPSA) is 84.2 Å². The second-order valence-corrected chi connectivity index (χ2v) is 5.17. The van der Waals surface area contributed by atoms with Gasteiger partial charge in [0.1, 0.15) is 0 Å². The quantitative estimate of drug-likeness (QED) is 0.629. The summed E-state index contributed by atoms with van der Waals surface area (Å²) in [5, 5.41) is 5.79. The van der Waals surface area contributed by atoms with Crippen LogP contribution in [0.3, 0.4) is 0 Å². The molecule has 5 heteroatoms. The van der Waals surface area contributed by atoms with Gasteiger partial charge < -0.3 is 16.4 Å². The zero-order chi connectivity index (χ0) is 12.3. The summed E-state index contributed by atoms with van der Waals surface area (Å²) in [6.07, 6.45) is 5.07. The van der Waals surface area contributed by atoms with E-state index in [0.717, 1.165) is 32.1 Å². The maximum Gasteiger partial charge on any atom is 0.223 e. The Morgan fingerprint density at radius 2 is 2.18 bits per heavy atom. The molecule has 0 radical (unpaired) electrons. The third-order valence-corrected chi connectivity index (χ3v) is 3.70. The second-order valence-electron chi connectivity index (χ2n) is 5.17. The van der Waals surface area contributed by atoms with Crippen LogP contribution in [-0.2, 0) is 9.59 Å². The largest absolute Gasteiger partial charge is 0.354 e. The van der Waals surface area contributed by atoms with E-state index in [1.54, 1.807) is 0 Å². The standard InChI is InChI=1S/C12H21N3O2/c13-9-3-1-2-8(6-9)12(17)15-10-4-5-11(16)14-7-10/h8-10H,1-7,13H2,(H,14,16)(H,15,17). The monoisotopic (exact) mass is 239 g/mol. The fourth-order valence-corrected chi connectivity index (χ4v) is 2.64. The Balaban J connectivity index is 1.78. The summed E-state index contributed by atoms with van der Waals surface area (Å²) in [6, 6.07) is 0.268. The third kappa shape index (κ3) is 3.43. The lowest BCUT2D eigenvalue weighted by Gasteiger charge is -2.29. The van der Waals surface area contributed by atoms with Crippen LogP contribution in [0.1, 0.15) is 38.5 Å². The third-order valence-electron chi connectivity index (χ3n) is 3.70. The predicted octanol–water partition coefficient (Wildman–Crippen LogP) is -0.101. The van der Waals surface area contributed by atoms with E-state index in [2.05, 4.69) is 10.6 Å². The summed E-state index contributed by atoms with van der Waals surface area (Å²) in [7, 11) is 0. The highest BCUT2D eigenvalue weighted by Crippen LogP contribution is 2.23. The summed E-state index contributed by atoms with van der Waals surface area (Å²) < 4.78 is 0. The van der Waals surface area contributed by atoms with Crippen molar-refractivity contribution in [1.82, 2.24) is 10.6 Å². The van der Waals surface area contributed by atoms with Crippen molar-refractivity contribution in [3.63, 3.8) is 0 Å². The van der Waals surface area contributed by atoms with Gasteiger partial charge >= 0.3 is 0 Å². The average Bonchev–Trinajstić information content (AvgIpc) is 2.32. The minimum Gasteiger partial charge on any atom is -0.354 e. The molecule has 2 rings (SSSR count). The number of carbonyl (C=O) groups excluding carboxylic acids is 2. The Morgan fingerprint density at radius 3 is 2.82 bits per heavy atom. The molecule has 0 spiro atoms. The Hall–Kier alpha value is -1.10. The van der Waals surface area contributed by atoms with Crippen molar-refractivity contribution in [2.24, 2.45) is 11.7 Å². The van der Waals surface area contributed by atoms with Crippen LogP contribution < -0.4 is 16.4 Å². The van der Waals surface area contributed by atoms with E-state index in [1.165, 1.54) is 0 Å². The van der Waals surface area contributed by atoms with Crippen LogP contribution in [0.15, 0.2) is 0 Å². The van der Waals surface area contributed by atoms with Gasteiger partial charge in [0.05, 0.1) is 0 Å². The maximum absolute atomic E-state index is 12.0. The van der Waals surface area contributed by atoms with E-state index in [0.29, 0.717) is 13.0 Å². The molecule has 0 aromatic rings. The van der Waals surface area contributed by atoms with Crippen LogP contribution in [0.5, 0.6) is 0 Å². The Morgan fingerprint density at radius 1 is 1.35 bits per heavy atom. The van der Waals surface area contributed by atoms with Crippen molar-refractivity contribution in [3.05, 3.63) is 0 Å². The molecule has 96 valence electrons. The number of hydrogen-bond acceptors (Lipinski definition) is 3. The summed E-state index contributed by atoms with van der Waals surface area (Å²) in [5.74, 6) is 0.257. The smallest absolute Gasteiger partial charge is 0.223 e. The molecule has 1 aliphatic heterocycles. The second kappa shape index (κ2) is 5.49. The van der Waals surface area contributed by atoms with Crippen molar-refractivity contribution in [2.75, 3.05) is 6.54 Å². The van der Waals surface area contributed by atoms with Crippen LogP contribution in [-0.4, -0.2) is 30.4 Å². The molecule has 4 N–H and O–H groups in total. The lowest BCUT2D eigenvalue weighted by atomic mass is 9.85. The van der Waals surface area contributed by atoms with Gasteiger partial charge in [-0.1, -0.05) is 6.42 Å². The van der Waals surface area contributed by atoms with Gasteiger partial charge in [0.25, 0.3) is 0 Å². The molecule has 5 nitrogen and oxygen atoms in total. The molecular weight excluding hydrogens is 218 g/mol. The van der Waals surface area contributed by atoms with Crippen LogP contribution in [0.2, 0.25) is 0 Å². The Labute approximate surface area is 102 Å². The number of nitrogens with one attached hydrogen (secondary N) is 2. The predicted molar refractivity (Wildman–Crippen MR) is 64.1 cm³/mol. The van der Waals surface area contributed by atoms with Crippen LogP contribution in [0.25, 0.3) is 0 Å². The van der Waals surface area contributed by atoms with Gasteiger partial charge in [-0.15, -0.1) is 0 Å². The highest BCUT2D eigenvalue weighted by molar-refractivity contribution is 5.80. The van der Waals surface area contributed by atoms with Crippen molar-refractivity contribution >= 4 is 11.8 Å². The molecule has 1 heterocycles. The highest BCUT2D eigenvalue weighted by atomic mass is 16.2. The molecule has 0 aromatic carbocycles. The first-order valence-electron chi connectivity index (χ1n) is 6.48. The van der Waals surface area contributed by atoms with Gasteiger partial charge in [-0.05, 0) is 25.7 Å². The lowest BCUT2D eigenvalue weighted by Crippen LogP contribution is -2.50. The molecule has 3 unspecified atom stereocenters. The van der Waals surface area contributed by atoms with Crippen LogP contribution >= 0.6 is 0 Å². The molecule has 1 aliphatic carbocycles. The molecule has 1 saturated heterocycles. The molecular formula is C12H21N3O2. The first kappa shape index (κ1) is 12.4. The lowest BCUT2D eigenvalue weighted by molar-refractivity contribution is -0.128. The van der Waals surface area contributed by atoms with Gasteiger partial charge in [0.15, 0.2) is 0 Å². The minimum absolute atomic E-state index is 0.0661. The molecule has 2 amide bonds. The van der Waals surface area contributed by atoms with Gasteiger partial charge in [-0.3, -0.25) is 9.59 Å². The van der Waals surface area contributed by atoms with Crippen molar-refractivity contribution < 1.29 is 9.59 Å². The summed E-state index contributed by atoms with van der Waals surface area (Å²) in [6.45, 7) is 0.559.